The zero-order valence-electron chi connectivity index (χ0n) is 19.9. The number of hydrogen-bond donors (Lipinski definition) is 1. The number of methoxy groups -OCH3 is 1. The summed E-state index contributed by atoms with van der Waals surface area (Å²) in [6.45, 7) is 8.14. The van der Waals surface area contributed by atoms with Crippen molar-refractivity contribution >= 4 is 17.5 Å². The second-order valence-corrected chi connectivity index (χ2v) is 10.5. The van der Waals surface area contributed by atoms with E-state index >= 15 is 0 Å². The van der Waals surface area contributed by atoms with Gasteiger partial charge in [0.15, 0.2) is 0 Å². The fourth-order valence-electron chi connectivity index (χ4n) is 4.93. The number of anilines is 1. The molecule has 7 heteroatoms. The summed E-state index contributed by atoms with van der Waals surface area (Å²) in [5.41, 5.74) is 1.90. The van der Waals surface area contributed by atoms with Gasteiger partial charge in [-0.2, -0.15) is 0 Å². The minimum absolute atomic E-state index is 0.0442. The molecule has 2 aliphatic rings. The molecule has 1 aromatic heterocycles. The van der Waals surface area contributed by atoms with Gasteiger partial charge in [-0.15, -0.1) is 0 Å². The van der Waals surface area contributed by atoms with Gasteiger partial charge in [-0.3, -0.25) is 14.4 Å². The Balaban J connectivity index is 1.46. The van der Waals surface area contributed by atoms with Crippen LogP contribution in [0.2, 0.25) is 0 Å². The number of ether oxygens (including phenoxy) is 1. The molecule has 1 N–H and O–H groups in total. The van der Waals surface area contributed by atoms with Crippen LogP contribution in [0, 0.1) is 11.3 Å². The van der Waals surface area contributed by atoms with Gasteiger partial charge in [-0.1, -0.05) is 32.9 Å². The lowest BCUT2D eigenvalue weighted by atomic mass is 9.82. The highest BCUT2D eigenvalue weighted by Crippen LogP contribution is 2.36. The van der Waals surface area contributed by atoms with Crippen molar-refractivity contribution in [3.05, 3.63) is 58.0 Å². The molecule has 0 aliphatic carbocycles. The van der Waals surface area contributed by atoms with E-state index in [0.29, 0.717) is 31.7 Å². The number of piperidine rings is 1. The first-order valence-electron chi connectivity index (χ1n) is 11.6. The number of carbonyl (C=O) groups is 2. The number of pyridine rings is 1. The van der Waals surface area contributed by atoms with E-state index in [9.17, 15) is 14.4 Å². The molecule has 0 radical (unpaired) electrons. The minimum atomic E-state index is -0.229. The Morgan fingerprint density at radius 2 is 1.79 bits per heavy atom. The highest BCUT2D eigenvalue weighted by molar-refractivity contribution is 5.92. The predicted octanol–water partition coefficient (Wildman–Crippen LogP) is 3.42. The third-order valence-electron chi connectivity index (χ3n) is 6.44. The number of benzene rings is 1. The molecule has 3 heterocycles. The Morgan fingerprint density at radius 1 is 1.06 bits per heavy atom. The summed E-state index contributed by atoms with van der Waals surface area (Å²) in [6.07, 6.45) is 1.70. The van der Waals surface area contributed by atoms with Gasteiger partial charge in [0.25, 0.3) is 5.56 Å². The zero-order chi connectivity index (χ0) is 23.8. The van der Waals surface area contributed by atoms with Crippen molar-refractivity contribution in [3.63, 3.8) is 0 Å². The van der Waals surface area contributed by atoms with Crippen molar-refractivity contribution in [2.45, 2.75) is 52.5 Å². The van der Waals surface area contributed by atoms with Crippen LogP contribution < -0.4 is 15.6 Å². The SMILES string of the molecule is COc1ccc(CC(=O)Nc2ccc3n(c2=O)CC2CC3CN(C(=O)CC(C)(C)C)C2)cc1. The van der Waals surface area contributed by atoms with Gasteiger partial charge < -0.3 is 19.5 Å². The second-order valence-electron chi connectivity index (χ2n) is 10.5. The summed E-state index contributed by atoms with van der Waals surface area (Å²) in [7, 11) is 1.60. The zero-order valence-corrected chi connectivity index (χ0v) is 19.9. The fraction of sp³-hybridized carbons (Fsp3) is 0.500. The molecular formula is C26H33N3O4. The third kappa shape index (κ3) is 5.29. The van der Waals surface area contributed by atoms with Crippen LogP contribution >= 0.6 is 0 Å². The highest BCUT2D eigenvalue weighted by atomic mass is 16.5. The van der Waals surface area contributed by atoms with Crippen LogP contribution in [0.1, 0.15) is 50.8 Å². The molecule has 2 aliphatic heterocycles. The first-order valence-corrected chi connectivity index (χ1v) is 11.6. The lowest BCUT2D eigenvalue weighted by molar-refractivity contribution is -0.135. The van der Waals surface area contributed by atoms with Crippen molar-refractivity contribution in [1.29, 1.82) is 0 Å². The smallest absolute Gasteiger partial charge is 0.274 e. The molecule has 0 saturated carbocycles. The van der Waals surface area contributed by atoms with E-state index in [1.165, 1.54) is 0 Å². The number of aromatic nitrogens is 1. The standard InChI is InChI=1S/C26H33N3O4/c1-26(2,3)13-24(31)28-14-18-11-19(16-28)22-10-9-21(25(32)29(22)15-18)27-23(30)12-17-5-7-20(33-4)8-6-17/h5-10,18-19H,11-16H2,1-4H3,(H,27,30). The van der Waals surface area contributed by atoms with Crippen molar-refractivity contribution in [3.8, 4) is 5.75 Å². The Hall–Kier alpha value is -3.09. The van der Waals surface area contributed by atoms with E-state index in [2.05, 4.69) is 26.1 Å². The number of nitrogens with one attached hydrogen (secondary N) is 1. The van der Waals surface area contributed by atoms with E-state index < -0.39 is 0 Å². The quantitative estimate of drug-likeness (QED) is 0.755. The molecule has 2 atom stereocenters. The van der Waals surface area contributed by atoms with Gasteiger partial charge in [-0.25, -0.2) is 0 Å². The lowest BCUT2D eigenvalue weighted by Gasteiger charge is -2.43. The van der Waals surface area contributed by atoms with E-state index in [4.69, 9.17) is 4.74 Å². The van der Waals surface area contributed by atoms with E-state index in [1.807, 2.05) is 35.2 Å². The molecule has 33 heavy (non-hydrogen) atoms. The summed E-state index contributed by atoms with van der Waals surface area (Å²) in [5, 5.41) is 2.79. The maximum atomic E-state index is 13.2. The average molecular weight is 452 g/mol. The largest absolute Gasteiger partial charge is 0.497 e. The average Bonchev–Trinajstić information content (AvgIpc) is 2.75. The van der Waals surface area contributed by atoms with Gasteiger partial charge in [-0.05, 0) is 47.6 Å². The number of likely N-dealkylation sites (tertiary alicyclic amines) is 1. The molecule has 0 spiro atoms. The summed E-state index contributed by atoms with van der Waals surface area (Å²) in [6, 6.07) is 10.9. The number of fused-ring (bicyclic) bond motifs is 4. The monoisotopic (exact) mass is 451 g/mol. The van der Waals surface area contributed by atoms with Crippen molar-refractivity contribution in [2.75, 3.05) is 25.5 Å². The van der Waals surface area contributed by atoms with E-state index in [1.54, 1.807) is 17.7 Å². The minimum Gasteiger partial charge on any atom is -0.497 e. The number of amides is 2. The van der Waals surface area contributed by atoms with Crippen LogP contribution in [0.15, 0.2) is 41.2 Å². The second kappa shape index (κ2) is 9.04. The molecule has 7 nitrogen and oxygen atoms in total. The van der Waals surface area contributed by atoms with Crippen molar-refractivity contribution < 1.29 is 14.3 Å². The number of nitrogens with zero attached hydrogens (tertiary/aromatic N) is 2. The highest BCUT2D eigenvalue weighted by Gasteiger charge is 2.37. The summed E-state index contributed by atoms with van der Waals surface area (Å²) in [4.78, 5) is 40.5. The molecule has 2 unspecified atom stereocenters. The Labute approximate surface area is 194 Å². The third-order valence-corrected chi connectivity index (χ3v) is 6.44. The maximum absolute atomic E-state index is 13.2. The first kappa shape index (κ1) is 23.1. The Morgan fingerprint density at radius 3 is 2.45 bits per heavy atom. The summed E-state index contributed by atoms with van der Waals surface area (Å²) >= 11 is 0. The fourth-order valence-corrected chi connectivity index (χ4v) is 4.93. The Bertz CT molecular complexity index is 1100. The van der Waals surface area contributed by atoms with Crippen LogP contribution in [0.4, 0.5) is 5.69 Å². The van der Waals surface area contributed by atoms with Crippen LogP contribution in [0.5, 0.6) is 5.75 Å². The molecule has 2 aromatic rings. The van der Waals surface area contributed by atoms with E-state index in [0.717, 1.165) is 23.4 Å². The number of carbonyl (C=O) groups excluding carboxylic acids is 2. The Kier molecular flexibility index (Phi) is 6.32. The molecule has 2 amide bonds. The molecule has 1 fully saturated rings. The summed E-state index contributed by atoms with van der Waals surface area (Å²) in [5.74, 6) is 1.10. The number of hydrogen-bond acceptors (Lipinski definition) is 4. The van der Waals surface area contributed by atoms with E-state index in [-0.39, 0.29) is 41.0 Å². The summed E-state index contributed by atoms with van der Waals surface area (Å²) < 4.78 is 6.94. The van der Waals surface area contributed by atoms with Crippen LogP contribution in [-0.2, 0) is 22.6 Å². The van der Waals surface area contributed by atoms with Gasteiger partial charge in [0.1, 0.15) is 11.4 Å². The van der Waals surface area contributed by atoms with Crippen LogP contribution in [0.3, 0.4) is 0 Å². The predicted molar refractivity (Wildman–Crippen MR) is 128 cm³/mol. The van der Waals surface area contributed by atoms with Gasteiger partial charge in [0.2, 0.25) is 11.8 Å². The maximum Gasteiger partial charge on any atom is 0.274 e. The van der Waals surface area contributed by atoms with Gasteiger partial charge >= 0.3 is 0 Å². The van der Waals surface area contributed by atoms with Crippen molar-refractivity contribution in [2.24, 2.45) is 11.3 Å². The van der Waals surface area contributed by atoms with Gasteiger partial charge in [0, 0.05) is 37.7 Å². The van der Waals surface area contributed by atoms with Crippen LogP contribution in [-0.4, -0.2) is 41.5 Å². The molecule has 1 saturated heterocycles. The molecule has 2 bridgehead atoms. The lowest BCUT2D eigenvalue weighted by Crippen LogP contribution is -2.49. The van der Waals surface area contributed by atoms with Crippen LogP contribution in [0.25, 0.3) is 0 Å². The molecular weight excluding hydrogens is 418 g/mol. The molecule has 176 valence electrons. The first-order chi connectivity index (χ1) is 15.6. The van der Waals surface area contributed by atoms with Crippen molar-refractivity contribution in [1.82, 2.24) is 9.47 Å². The van der Waals surface area contributed by atoms with Gasteiger partial charge in [0.05, 0.1) is 13.5 Å². The molecule has 4 rings (SSSR count). The normalized spacial score (nSPS) is 19.6. The number of rotatable bonds is 5. The molecule has 1 aromatic carbocycles. The topological polar surface area (TPSA) is 80.6 Å².